The lowest BCUT2D eigenvalue weighted by molar-refractivity contribution is -0.159. The van der Waals surface area contributed by atoms with Crippen LogP contribution in [0.15, 0.2) is 11.6 Å². The number of carbonyl (C=O) groups is 2. The number of allylic oxidation sites excluding steroid dienone is 1. The second kappa shape index (κ2) is 6.55. The molecular formula is C23H30O3. The SMILES string of the molecule is C#C[C@@H]1CC2C3CCC4=CC(=O)CCC4C3CCC2(CC)C1OC(C)=O. The molecule has 7 atom stereocenters. The molecule has 3 heteroatoms. The number of hydrogen-bond donors (Lipinski definition) is 0. The number of terminal acetylenes is 1. The molecule has 0 aromatic carbocycles. The summed E-state index contributed by atoms with van der Waals surface area (Å²) >= 11 is 0. The maximum atomic E-state index is 11.8. The Morgan fingerprint density at radius 1 is 1.31 bits per heavy atom. The molecule has 140 valence electrons. The third kappa shape index (κ3) is 2.56. The summed E-state index contributed by atoms with van der Waals surface area (Å²) in [5, 5.41) is 0. The molecular weight excluding hydrogens is 324 g/mol. The fourth-order valence-corrected chi connectivity index (χ4v) is 7.16. The molecule has 0 spiro atoms. The van der Waals surface area contributed by atoms with Crippen molar-refractivity contribution in [1.29, 1.82) is 0 Å². The zero-order valence-electron chi connectivity index (χ0n) is 16.0. The largest absolute Gasteiger partial charge is 0.461 e. The second-order valence-corrected chi connectivity index (χ2v) is 8.97. The van der Waals surface area contributed by atoms with E-state index in [0.717, 1.165) is 38.5 Å². The molecule has 6 unspecified atom stereocenters. The van der Waals surface area contributed by atoms with Crippen LogP contribution in [-0.2, 0) is 14.3 Å². The molecule has 4 aliphatic rings. The molecule has 3 saturated carbocycles. The summed E-state index contributed by atoms with van der Waals surface area (Å²) in [4.78, 5) is 23.6. The van der Waals surface area contributed by atoms with Gasteiger partial charge >= 0.3 is 5.97 Å². The average molecular weight is 354 g/mol. The number of ketones is 1. The first-order valence-corrected chi connectivity index (χ1v) is 10.4. The van der Waals surface area contributed by atoms with Gasteiger partial charge in [0.15, 0.2) is 5.78 Å². The molecule has 26 heavy (non-hydrogen) atoms. The Labute approximate surface area is 156 Å². The average Bonchev–Trinajstić information content (AvgIpc) is 2.94. The maximum Gasteiger partial charge on any atom is 0.302 e. The summed E-state index contributed by atoms with van der Waals surface area (Å²) in [6.45, 7) is 3.75. The molecule has 0 aliphatic heterocycles. The highest BCUT2D eigenvalue weighted by Crippen LogP contribution is 2.64. The fourth-order valence-electron chi connectivity index (χ4n) is 7.16. The van der Waals surface area contributed by atoms with Gasteiger partial charge in [-0.05, 0) is 74.7 Å². The minimum absolute atomic E-state index is 0.0486. The van der Waals surface area contributed by atoms with E-state index in [9.17, 15) is 9.59 Å². The van der Waals surface area contributed by atoms with E-state index < -0.39 is 0 Å². The molecule has 4 rings (SSSR count). The molecule has 0 radical (unpaired) electrons. The molecule has 0 amide bonds. The van der Waals surface area contributed by atoms with Gasteiger partial charge in [-0.3, -0.25) is 9.59 Å². The summed E-state index contributed by atoms with van der Waals surface area (Å²) in [6.07, 6.45) is 16.0. The molecule has 0 saturated heterocycles. The van der Waals surface area contributed by atoms with Crippen LogP contribution in [0.25, 0.3) is 0 Å². The highest BCUT2D eigenvalue weighted by molar-refractivity contribution is 5.91. The van der Waals surface area contributed by atoms with Crippen molar-refractivity contribution >= 4 is 11.8 Å². The Morgan fingerprint density at radius 2 is 2.12 bits per heavy atom. The van der Waals surface area contributed by atoms with Gasteiger partial charge in [0.1, 0.15) is 6.10 Å². The van der Waals surface area contributed by atoms with Crippen molar-refractivity contribution in [3.63, 3.8) is 0 Å². The van der Waals surface area contributed by atoms with E-state index in [-0.39, 0.29) is 23.4 Å². The van der Waals surface area contributed by atoms with Gasteiger partial charge in [-0.15, -0.1) is 6.42 Å². The number of carbonyl (C=O) groups excluding carboxylic acids is 2. The molecule has 0 aromatic rings. The van der Waals surface area contributed by atoms with E-state index in [1.807, 2.05) is 6.08 Å². The van der Waals surface area contributed by atoms with E-state index in [2.05, 4.69) is 12.8 Å². The Balaban J connectivity index is 1.66. The lowest BCUT2D eigenvalue weighted by Gasteiger charge is -2.54. The van der Waals surface area contributed by atoms with Gasteiger partial charge < -0.3 is 4.74 Å². The quantitative estimate of drug-likeness (QED) is 0.548. The first-order chi connectivity index (χ1) is 12.5. The van der Waals surface area contributed by atoms with Gasteiger partial charge in [0.05, 0.1) is 5.92 Å². The van der Waals surface area contributed by atoms with Crippen molar-refractivity contribution in [2.45, 2.75) is 71.3 Å². The van der Waals surface area contributed by atoms with Crippen molar-refractivity contribution in [3.8, 4) is 12.3 Å². The third-order valence-corrected chi connectivity index (χ3v) is 8.16. The topological polar surface area (TPSA) is 43.4 Å². The number of fused-ring (bicyclic) bond motifs is 5. The summed E-state index contributed by atoms with van der Waals surface area (Å²) in [5.74, 6) is 5.61. The third-order valence-electron chi connectivity index (χ3n) is 8.16. The van der Waals surface area contributed by atoms with Crippen molar-refractivity contribution in [1.82, 2.24) is 0 Å². The molecule has 3 fully saturated rings. The summed E-state index contributed by atoms with van der Waals surface area (Å²) in [7, 11) is 0. The van der Waals surface area contributed by atoms with Crippen molar-refractivity contribution in [2.24, 2.45) is 35.0 Å². The van der Waals surface area contributed by atoms with E-state index in [1.165, 1.54) is 18.9 Å². The standard InChI is InChI=1S/C23H30O3/c1-4-15-13-21-20-8-6-16-12-17(25)7-9-18(16)19(20)10-11-23(21,5-2)22(15)26-14(3)24/h1,12,15,18-22H,5-11,13H2,2-3H3/t15-,18?,19?,20?,21?,22?,23?/m1/s1. The number of rotatable bonds is 2. The molecule has 0 N–H and O–H groups in total. The predicted molar refractivity (Wildman–Crippen MR) is 100.0 cm³/mol. The van der Waals surface area contributed by atoms with E-state index in [1.54, 1.807) is 0 Å². The summed E-state index contributed by atoms with van der Waals surface area (Å²) in [6, 6.07) is 0. The van der Waals surface area contributed by atoms with Crippen LogP contribution in [0.4, 0.5) is 0 Å². The minimum Gasteiger partial charge on any atom is -0.461 e. The Kier molecular flexibility index (Phi) is 4.49. The van der Waals surface area contributed by atoms with Gasteiger partial charge in [-0.2, -0.15) is 0 Å². The lowest BCUT2D eigenvalue weighted by atomic mass is 9.51. The van der Waals surface area contributed by atoms with Gasteiger partial charge in [-0.1, -0.05) is 18.4 Å². The van der Waals surface area contributed by atoms with Crippen molar-refractivity contribution < 1.29 is 14.3 Å². The Bertz CT molecular complexity index is 684. The predicted octanol–water partition coefficient (Wildman–Crippen LogP) is 4.31. The maximum absolute atomic E-state index is 11.8. The van der Waals surface area contributed by atoms with Crippen LogP contribution in [0.1, 0.15) is 65.2 Å². The van der Waals surface area contributed by atoms with Crippen LogP contribution >= 0.6 is 0 Å². The zero-order chi connectivity index (χ0) is 18.5. The Morgan fingerprint density at radius 3 is 2.81 bits per heavy atom. The van der Waals surface area contributed by atoms with Crippen LogP contribution in [0.3, 0.4) is 0 Å². The van der Waals surface area contributed by atoms with E-state index in [0.29, 0.717) is 35.9 Å². The van der Waals surface area contributed by atoms with Crippen LogP contribution in [0.2, 0.25) is 0 Å². The van der Waals surface area contributed by atoms with E-state index in [4.69, 9.17) is 11.2 Å². The van der Waals surface area contributed by atoms with Crippen LogP contribution in [-0.4, -0.2) is 17.9 Å². The zero-order valence-corrected chi connectivity index (χ0v) is 16.0. The lowest BCUT2D eigenvalue weighted by Crippen LogP contribution is -2.50. The molecule has 0 aromatic heterocycles. The number of esters is 1. The van der Waals surface area contributed by atoms with Crippen molar-refractivity contribution in [3.05, 3.63) is 11.6 Å². The highest BCUT2D eigenvalue weighted by Gasteiger charge is 2.61. The second-order valence-electron chi connectivity index (χ2n) is 8.97. The number of hydrogen-bond acceptors (Lipinski definition) is 3. The molecule has 3 nitrogen and oxygen atoms in total. The van der Waals surface area contributed by atoms with Gasteiger partial charge in [0, 0.05) is 18.8 Å². The van der Waals surface area contributed by atoms with E-state index >= 15 is 0 Å². The first kappa shape index (κ1) is 17.8. The Hall–Kier alpha value is -1.56. The van der Waals surface area contributed by atoms with Gasteiger partial charge in [0.25, 0.3) is 0 Å². The molecule has 4 aliphatic carbocycles. The van der Waals surface area contributed by atoms with Gasteiger partial charge in [0.2, 0.25) is 0 Å². The van der Waals surface area contributed by atoms with Crippen molar-refractivity contribution in [2.75, 3.05) is 0 Å². The highest BCUT2D eigenvalue weighted by atomic mass is 16.5. The summed E-state index contributed by atoms with van der Waals surface area (Å²) < 4.78 is 5.84. The normalized spacial score (nSPS) is 44.2. The van der Waals surface area contributed by atoms with Crippen LogP contribution in [0, 0.1) is 47.3 Å². The van der Waals surface area contributed by atoms with Crippen LogP contribution in [0.5, 0.6) is 0 Å². The summed E-state index contributed by atoms with van der Waals surface area (Å²) in [5.41, 5.74) is 1.46. The van der Waals surface area contributed by atoms with Gasteiger partial charge in [-0.25, -0.2) is 0 Å². The number of ether oxygens (including phenoxy) is 1. The minimum atomic E-state index is -0.203. The monoisotopic (exact) mass is 354 g/mol. The molecule has 0 bridgehead atoms. The fraction of sp³-hybridized carbons (Fsp3) is 0.739. The molecule has 0 heterocycles. The van der Waals surface area contributed by atoms with Crippen LogP contribution < -0.4 is 0 Å². The first-order valence-electron chi connectivity index (χ1n) is 10.4. The smallest absolute Gasteiger partial charge is 0.302 e.